The van der Waals surface area contributed by atoms with Crippen LogP contribution in [0.3, 0.4) is 0 Å². The molecule has 5 rings (SSSR count). The maximum atomic E-state index is 6.32. The lowest BCUT2D eigenvalue weighted by atomic mass is 10.1. The maximum absolute atomic E-state index is 6.32. The highest BCUT2D eigenvalue weighted by Gasteiger charge is 2.14. The summed E-state index contributed by atoms with van der Waals surface area (Å²) in [6.07, 6.45) is 1.67. The van der Waals surface area contributed by atoms with E-state index in [1.54, 1.807) is 18.4 Å². The molecule has 0 amide bonds. The second kappa shape index (κ2) is 9.79. The average Bonchev–Trinajstić information content (AvgIpc) is 3.49. The topological polar surface area (TPSA) is 45.5 Å². The van der Waals surface area contributed by atoms with Crippen molar-refractivity contribution in [2.24, 2.45) is 0 Å². The molecule has 0 bridgehead atoms. The lowest BCUT2D eigenvalue weighted by molar-refractivity contribution is 0.228. The molecule has 0 aliphatic heterocycles. The standard InChI is InChI=1S/C27H23ClN2O3S/c1-18(23-5-3-4-6-24(23)28)33-22-14-27(34-16-22)30-17-29-25-12-11-21(13-26(25)30)32-15-19-7-9-20(31-2)10-8-19/h3-14,16-18H,15H2,1-2H3/t18-/m1/s1. The Kier molecular flexibility index (Phi) is 6.43. The Bertz CT molecular complexity index is 1410. The number of methoxy groups -OCH3 is 1. The normalized spacial score (nSPS) is 12.0. The number of halogens is 1. The fourth-order valence-electron chi connectivity index (χ4n) is 3.71. The summed E-state index contributed by atoms with van der Waals surface area (Å²) in [4.78, 5) is 4.54. The molecule has 0 unspecified atom stereocenters. The van der Waals surface area contributed by atoms with Crippen molar-refractivity contribution in [1.29, 1.82) is 0 Å². The number of aromatic nitrogens is 2. The average molecular weight is 491 g/mol. The number of nitrogens with zero attached hydrogens (tertiary/aromatic N) is 2. The summed E-state index contributed by atoms with van der Waals surface area (Å²) in [5.41, 5.74) is 3.91. The number of imidazole rings is 1. The molecular formula is C27H23ClN2O3S. The molecule has 0 N–H and O–H groups in total. The summed E-state index contributed by atoms with van der Waals surface area (Å²) >= 11 is 7.92. The van der Waals surface area contributed by atoms with E-state index < -0.39 is 0 Å². The largest absolute Gasteiger partial charge is 0.497 e. The number of fused-ring (bicyclic) bond motifs is 1. The number of benzene rings is 3. The van der Waals surface area contributed by atoms with E-state index in [0.717, 1.165) is 44.4 Å². The predicted molar refractivity (Wildman–Crippen MR) is 137 cm³/mol. The zero-order valence-electron chi connectivity index (χ0n) is 18.8. The van der Waals surface area contributed by atoms with Crippen LogP contribution in [0.1, 0.15) is 24.2 Å². The minimum absolute atomic E-state index is 0.159. The molecule has 34 heavy (non-hydrogen) atoms. The van der Waals surface area contributed by atoms with Crippen LogP contribution in [0.5, 0.6) is 17.2 Å². The molecule has 0 fully saturated rings. The number of thiophene rings is 1. The zero-order valence-corrected chi connectivity index (χ0v) is 20.3. The second-order valence-electron chi connectivity index (χ2n) is 7.80. The molecule has 1 atom stereocenters. The number of rotatable bonds is 8. The fraction of sp³-hybridized carbons (Fsp3) is 0.148. The van der Waals surface area contributed by atoms with E-state index in [4.69, 9.17) is 25.8 Å². The van der Waals surface area contributed by atoms with E-state index >= 15 is 0 Å². The summed E-state index contributed by atoms with van der Waals surface area (Å²) < 4.78 is 19.5. The van der Waals surface area contributed by atoms with Crippen molar-refractivity contribution in [2.45, 2.75) is 19.6 Å². The number of hydrogen-bond donors (Lipinski definition) is 0. The van der Waals surface area contributed by atoms with Gasteiger partial charge in [-0.25, -0.2) is 4.98 Å². The van der Waals surface area contributed by atoms with Crippen molar-refractivity contribution < 1.29 is 14.2 Å². The molecule has 2 aromatic heterocycles. The van der Waals surface area contributed by atoms with E-state index in [-0.39, 0.29) is 6.10 Å². The van der Waals surface area contributed by atoms with Gasteiger partial charge in [-0.3, -0.25) is 4.57 Å². The highest BCUT2D eigenvalue weighted by atomic mass is 35.5. The van der Waals surface area contributed by atoms with E-state index in [9.17, 15) is 0 Å². The first kappa shape index (κ1) is 22.3. The van der Waals surface area contributed by atoms with Gasteiger partial charge in [0.25, 0.3) is 0 Å². The van der Waals surface area contributed by atoms with Crippen LogP contribution in [0.25, 0.3) is 16.0 Å². The van der Waals surface area contributed by atoms with Gasteiger partial charge >= 0.3 is 0 Å². The lowest BCUT2D eigenvalue weighted by Crippen LogP contribution is -2.03. The Morgan fingerprint density at radius 2 is 1.76 bits per heavy atom. The van der Waals surface area contributed by atoms with Gasteiger partial charge in [-0.05, 0) is 42.8 Å². The number of hydrogen-bond acceptors (Lipinski definition) is 5. The van der Waals surface area contributed by atoms with Crippen LogP contribution >= 0.6 is 22.9 Å². The second-order valence-corrected chi connectivity index (χ2v) is 9.10. The van der Waals surface area contributed by atoms with Gasteiger partial charge in [0.15, 0.2) is 0 Å². The zero-order chi connectivity index (χ0) is 23.5. The molecule has 0 saturated carbocycles. The summed E-state index contributed by atoms with van der Waals surface area (Å²) in [5.74, 6) is 2.40. The van der Waals surface area contributed by atoms with Crippen molar-refractivity contribution in [3.8, 4) is 22.2 Å². The SMILES string of the molecule is COc1ccc(COc2ccc3ncn(-c4cc(O[C@H](C)c5ccccc5Cl)cs4)c3c2)cc1. The third-order valence-electron chi connectivity index (χ3n) is 5.54. The van der Waals surface area contributed by atoms with Crippen LogP contribution in [0.4, 0.5) is 0 Å². The first-order valence-electron chi connectivity index (χ1n) is 10.8. The van der Waals surface area contributed by atoms with E-state index in [1.807, 2.05) is 96.0 Å². The highest BCUT2D eigenvalue weighted by molar-refractivity contribution is 7.12. The molecule has 172 valence electrons. The molecule has 3 aromatic carbocycles. The van der Waals surface area contributed by atoms with Crippen molar-refractivity contribution in [2.75, 3.05) is 7.11 Å². The Hall–Kier alpha value is -3.48. The summed E-state index contributed by atoms with van der Waals surface area (Å²) in [7, 11) is 1.66. The van der Waals surface area contributed by atoms with Gasteiger partial charge in [-0.2, -0.15) is 0 Å². The van der Waals surface area contributed by atoms with Gasteiger partial charge in [0.1, 0.15) is 41.3 Å². The van der Waals surface area contributed by atoms with Crippen LogP contribution < -0.4 is 14.2 Å². The third kappa shape index (κ3) is 4.74. The first-order valence-corrected chi connectivity index (χ1v) is 12.1. The Morgan fingerprint density at radius 3 is 2.56 bits per heavy atom. The van der Waals surface area contributed by atoms with Crippen LogP contribution in [0.2, 0.25) is 5.02 Å². The summed E-state index contributed by atoms with van der Waals surface area (Å²) in [6.45, 7) is 2.47. The molecule has 0 radical (unpaired) electrons. The van der Waals surface area contributed by atoms with E-state index in [2.05, 4.69) is 4.98 Å². The summed E-state index contributed by atoms with van der Waals surface area (Å²) in [5, 5.41) is 3.71. The van der Waals surface area contributed by atoms with E-state index in [1.165, 1.54) is 0 Å². The van der Waals surface area contributed by atoms with Crippen LogP contribution in [-0.2, 0) is 6.61 Å². The van der Waals surface area contributed by atoms with Gasteiger partial charge in [0, 0.05) is 28.1 Å². The van der Waals surface area contributed by atoms with E-state index in [0.29, 0.717) is 11.6 Å². The molecule has 7 heteroatoms. The smallest absolute Gasteiger partial charge is 0.133 e. The van der Waals surface area contributed by atoms with Crippen molar-refractivity contribution >= 4 is 34.0 Å². The van der Waals surface area contributed by atoms with Gasteiger partial charge in [-0.1, -0.05) is 41.9 Å². The van der Waals surface area contributed by atoms with Gasteiger partial charge in [0.2, 0.25) is 0 Å². The molecule has 2 heterocycles. The van der Waals surface area contributed by atoms with Crippen LogP contribution in [-0.4, -0.2) is 16.7 Å². The first-order chi connectivity index (χ1) is 16.6. The van der Waals surface area contributed by atoms with Crippen LogP contribution in [0.15, 0.2) is 84.5 Å². The van der Waals surface area contributed by atoms with Gasteiger partial charge in [0.05, 0.1) is 18.1 Å². The minimum atomic E-state index is -0.159. The Labute approximate surface area is 207 Å². The molecule has 0 aliphatic rings. The quantitative estimate of drug-likeness (QED) is 0.226. The molecule has 0 aliphatic carbocycles. The van der Waals surface area contributed by atoms with Gasteiger partial charge in [-0.15, -0.1) is 11.3 Å². The lowest BCUT2D eigenvalue weighted by Gasteiger charge is -2.15. The van der Waals surface area contributed by atoms with Crippen molar-refractivity contribution in [3.63, 3.8) is 0 Å². The minimum Gasteiger partial charge on any atom is -0.497 e. The molecule has 5 aromatic rings. The third-order valence-corrected chi connectivity index (χ3v) is 6.79. The number of ether oxygens (including phenoxy) is 3. The molecule has 0 saturated heterocycles. The Morgan fingerprint density at radius 1 is 0.971 bits per heavy atom. The Balaban J connectivity index is 1.33. The fourth-order valence-corrected chi connectivity index (χ4v) is 4.80. The maximum Gasteiger partial charge on any atom is 0.133 e. The molecular weight excluding hydrogens is 468 g/mol. The monoisotopic (exact) mass is 490 g/mol. The summed E-state index contributed by atoms with van der Waals surface area (Å²) in [6, 6.07) is 23.5. The molecule has 0 spiro atoms. The van der Waals surface area contributed by atoms with Gasteiger partial charge < -0.3 is 14.2 Å². The highest BCUT2D eigenvalue weighted by Crippen LogP contribution is 2.33. The molecule has 5 nitrogen and oxygen atoms in total. The predicted octanol–water partition coefficient (Wildman–Crippen LogP) is 7.47. The van der Waals surface area contributed by atoms with Crippen molar-refractivity contribution in [3.05, 3.63) is 101 Å². The van der Waals surface area contributed by atoms with Crippen molar-refractivity contribution in [1.82, 2.24) is 9.55 Å². The van der Waals surface area contributed by atoms with Crippen LogP contribution in [0, 0.1) is 0 Å².